The van der Waals surface area contributed by atoms with E-state index in [0.29, 0.717) is 0 Å². The van der Waals surface area contributed by atoms with Crippen LogP contribution in [-0.2, 0) is 0 Å². The first-order valence-corrected chi connectivity index (χ1v) is 3.42. The lowest BCUT2D eigenvalue weighted by molar-refractivity contribution is 0.143. The molecular formula is C8H11ClO. The molecule has 0 aromatic carbocycles. The van der Waals surface area contributed by atoms with Gasteiger partial charge in [-0.2, -0.15) is 0 Å². The Morgan fingerprint density at radius 3 is 2.40 bits per heavy atom. The zero-order chi connectivity index (χ0) is 8.20. The van der Waals surface area contributed by atoms with Gasteiger partial charge in [-0.05, 0) is 20.8 Å². The van der Waals surface area contributed by atoms with E-state index in [2.05, 4.69) is 11.8 Å². The van der Waals surface area contributed by atoms with Crippen molar-refractivity contribution >= 4 is 11.6 Å². The highest BCUT2D eigenvalue weighted by Gasteiger charge is 2.05. The van der Waals surface area contributed by atoms with E-state index in [1.165, 1.54) is 5.54 Å². The summed E-state index contributed by atoms with van der Waals surface area (Å²) in [5, 5.41) is 9.12. The smallest absolute Gasteiger partial charge is 0.120 e. The number of halogens is 1. The predicted octanol–water partition coefficient (Wildman–Crippen LogP) is 1.90. The first kappa shape index (κ1) is 9.55. The van der Waals surface area contributed by atoms with E-state index in [1.54, 1.807) is 20.8 Å². The Labute approximate surface area is 66.7 Å². The molecule has 0 heterocycles. The van der Waals surface area contributed by atoms with Gasteiger partial charge in [0.15, 0.2) is 0 Å². The molecule has 0 saturated heterocycles. The summed E-state index contributed by atoms with van der Waals surface area (Å²) in [6.07, 6.45) is 0. The minimum absolute atomic E-state index is 0.754. The molecule has 0 bridgehead atoms. The Morgan fingerprint density at radius 1 is 1.60 bits per heavy atom. The van der Waals surface area contributed by atoms with Crippen LogP contribution in [0, 0.1) is 11.8 Å². The van der Waals surface area contributed by atoms with E-state index in [4.69, 9.17) is 16.7 Å². The summed E-state index contributed by atoms with van der Waals surface area (Å²) < 4.78 is 0. The van der Waals surface area contributed by atoms with Crippen LogP contribution in [0.2, 0.25) is 0 Å². The van der Waals surface area contributed by atoms with Crippen LogP contribution in [0.25, 0.3) is 0 Å². The molecule has 0 aliphatic carbocycles. The topological polar surface area (TPSA) is 20.2 Å². The van der Waals surface area contributed by atoms with Crippen LogP contribution < -0.4 is 0 Å². The summed E-state index contributed by atoms with van der Waals surface area (Å²) >= 11 is 5.33. The van der Waals surface area contributed by atoms with Crippen molar-refractivity contribution in [1.82, 2.24) is 0 Å². The minimum Gasteiger partial charge on any atom is -0.378 e. The van der Waals surface area contributed by atoms with Crippen LogP contribution in [0.5, 0.6) is 0 Å². The second-order valence-electron chi connectivity index (χ2n) is 2.60. The number of allylic oxidation sites excluding steroid dienone is 1. The molecule has 56 valence electrons. The third kappa shape index (κ3) is 5.68. The molecule has 0 aliphatic heterocycles. The van der Waals surface area contributed by atoms with Crippen molar-refractivity contribution in [3.8, 4) is 11.8 Å². The van der Waals surface area contributed by atoms with Crippen molar-refractivity contribution < 1.29 is 5.11 Å². The Hall–Kier alpha value is -0.450. The van der Waals surface area contributed by atoms with Gasteiger partial charge in [0.2, 0.25) is 0 Å². The fraction of sp³-hybridized carbons (Fsp3) is 0.500. The summed E-state index contributed by atoms with van der Waals surface area (Å²) in [4.78, 5) is 0. The average Bonchev–Trinajstić information content (AvgIpc) is 1.81. The molecule has 0 atom stereocenters. The summed E-state index contributed by atoms with van der Waals surface area (Å²) in [5.74, 6) is 5.33. The summed E-state index contributed by atoms with van der Waals surface area (Å²) in [5.41, 5.74) is 1.21. The van der Waals surface area contributed by atoms with Gasteiger partial charge in [0, 0.05) is 11.1 Å². The molecule has 1 nitrogen and oxygen atoms in total. The third-order valence-corrected chi connectivity index (χ3v) is 1.06. The Morgan fingerprint density at radius 2 is 2.10 bits per heavy atom. The zero-order valence-corrected chi connectivity index (χ0v) is 7.16. The summed E-state index contributed by atoms with van der Waals surface area (Å²) in [7, 11) is 0. The van der Waals surface area contributed by atoms with Gasteiger partial charge in [0.1, 0.15) is 5.60 Å². The monoisotopic (exact) mass is 158 g/mol. The normalized spacial score (nSPS) is 12.3. The van der Waals surface area contributed by atoms with Gasteiger partial charge in [0.05, 0.1) is 0 Å². The van der Waals surface area contributed by atoms with E-state index in [9.17, 15) is 0 Å². The lowest BCUT2D eigenvalue weighted by Crippen LogP contribution is -2.14. The first-order valence-electron chi connectivity index (χ1n) is 2.98. The van der Waals surface area contributed by atoms with E-state index >= 15 is 0 Å². The standard InChI is InChI=1S/C8H11ClO/c1-7(6-9)4-5-8(2,3)10/h6,10H,1-3H3. The minimum atomic E-state index is -0.929. The lowest BCUT2D eigenvalue weighted by Gasteiger charge is -2.05. The Bertz CT molecular complexity index is 188. The molecule has 0 unspecified atom stereocenters. The third-order valence-electron chi connectivity index (χ3n) is 0.729. The van der Waals surface area contributed by atoms with Gasteiger partial charge in [-0.1, -0.05) is 23.4 Å². The van der Waals surface area contributed by atoms with Gasteiger partial charge in [-0.25, -0.2) is 0 Å². The average molecular weight is 159 g/mol. The maximum absolute atomic E-state index is 9.12. The molecule has 0 spiro atoms. The molecule has 0 aliphatic rings. The van der Waals surface area contributed by atoms with Crippen LogP contribution in [0.4, 0.5) is 0 Å². The van der Waals surface area contributed by atoms with Gasteiger partial charge in [0.25, 0.3) is 0 Å². The van der Waals surface area contributed by atoms with Crippen molar-refractivity contribution in [3.05, 3.63) is 11.1 Å². The number of hydrogen-bond acceptors (Lipinski definition) is 1. The molecule has 0 aromatic heterocycles. The Kier molecular flexibility index (Phi) is 3.49. The molecule has 1 N–H and O–H groups in total. The molecule has 0 rings (SSSR count). The van der Waals surface area contributed by atoms with E-state index < -0.39 is 5.60 Å². The molecule has 0 fully saturated rings. The SMILES string of the molecule is CC(C#CC(C)(C)O)=CCl. The number of rotatable bonds is 0. The molecular weight excluding hydrogens is 148 g/mol. The van der Waals surface area contributed by atoms with E-state index in [0.717, 1.165) is 5.57 Å². The molecule has 0 aromatic rings. The van der Waals surface area contributed by atoms with E-state index in [1.807, 2.05) is 0 Å². The van der Waals surface area contributed by atoms with Crippen LogP contribution in [0.15, 0.2) is 11.1 Å². The van der Waals surface area contributed by atoms with Gasteiger partial charge in [-0.15, -0.1) is 0 Å². The largest absolute Gasteiger partial charge is 0.378 e. The highest BCUT2D eigenvalue weighted by atomic mass is 35.5. The molecule has 2 heteroatoms. The fourth-order valence-corrected chi connectivity index (χ4v) is 0.333. The van der Waals surface area contributed by atoms with Crippen molar-refractivity contribution in [2.24, 2.45) is 0 Å². The number of aliphatic hydroxyl groups is 1. The second-order valence-corrected chi connectivity index (χ2v) is 2.82. The number of hydrogen-bond donors (Lipinski definition) is 1. The summed E-state index contributed by atoms with van der Waals surface area (Å²) in [6.45, 7) is 5.04. The maximum atomic E-state index is 9.12. The van der Waals surface area contributed by atoms with Gasteiger partial charge in [-0.3, -0.25) is 0 Å². The lowest BCUT2D eigenvalue weighted by atomic mass is 10.1. The summed E-state index contributed by atoms with van der Waals surface area (Å²) in [6, 6.07) is 0. The second kappa shape index (κ2) is 3.65. The fourth-order valence-electron chi connectivity index (χ4n) is 0.279. The molecule has 0 amide bonds. The molecule has 0 saturated carbocycles. The molecule has 0 radical (unpaired) electrons. The first-order chi connectivity index (χ1) is 4.45. The van der Waals surface area contributed by atoms with E-state index in [-0.39, 0.29) is 0 Å². The van der Waals surface area contributed by atoms with Crippen LogP contribution in [0.3, 0.4) is 0 Å². The van der Waals surface area contributed by atoms with Crippen molar-refractivity contribution in [2.75, 3.05) is 0 Å². The maximum Gasteiger partial charge on any atom is 0.120 e. The van der Waals surface area contributed by atoms with Crippen molar-refractivity contribution in [2.45, 2.75) is 26.4 Å². The quantitative estimate of drug-likeness (QED) is 0.534. The zero-order valence-electron chi connectivity index (χ0n) is 6.40. The van der Waals surface area contributed by atoms with Crippen LogP contribution in [-0.4, -0.2) is 10.7 Å². The Balaban J connectivity index is 4.19. The van der Waals surface area contributed by atoms with Crippen LogP contribution >= 0.6 is 11.6 Å². The van der Waals surface area contributed by atoms with Crippen molar-refractivity contribution in [1.29, 1.82) is 0 Å². The molecule has 10 heavy (non-hydrogen) atoms. The van der Waals surface area contributed by atoms with Crippen LogP contribution in [0.1, 0.15) is 20.8 Å². The van der Waals surface area contributed by atoms with Crippen molar-refractivity contribution in [3.63, 3.8) is 0 Å². The predicted molar refractivity (Wildman–Crippen MR) is 43.7 cm³/mol. The highest BCUT2D eigenvalue weighted by Crippen LogP contribution is 1.99. The van der Waals surface area contributed by atoms with Gasteiger partial charge >= 0.3 is 0 Å². The van der Waals surface area contributed by atoms with Gasteiger partial charge < -0.3 is 5.11 Å². The highest BCUT2D eigenvalue weighted by molar-refractivity contribution is 6.25.